The maximum absolute atomic E-state index is 6.14. The van der Waals surface area contributed by atoms with Crippen molar-refractivity contribution in [1.29, 1.82) is 0 Å². The van der Waals surface area contributed by atoms with E-state index in [1.54, 1.807) is 19.2 Å². The van der Waals surface area contributed by atoms with E-state index < -0.39 is 0 Å². The Labute approximate surface area is 147 Å². The van der Waals surface area contributed by atoms with Crippen molar-refractivity contribution in [3.63, 3.8) is 0 Å². The van der Waals surface area contributed by atoms with Crippen molar-refractivity contribution in [2.45, 2.75) is 0 Å². The van der Waals surface area contributed by atoms with E-state index in [-0.39, 0.29) is 5.88 Å². The Morgan fingerprint density at radius 1 is 1.00 bits per heavy atom. The number of nitrogens with zero attached hydrogens (tertiary/aromatic N) is 2. The van der Waals surface area contributed by atoms with Gasteiger partial charge in [0.15, 0.2) is 17.3 Å². The lowest BCUT2D eigenvalue weighted by molar-refractivity contribution is 0.374. The van der Waals surface area contributed by atoms with Gasteiger partial charge in [-0.3, -0.25) is 0 Å². The van der Waals surface area contributed by atoms with E-state index in [1.165, 1.54) is 6.33 Å². The van der Waals surface area contributed by atoms with Gasteiger partial charge in [-0.2, -0.15) is 4.98 Å². The Kier molecular flexibility index (Phi) is 4.81. The lowest BCUT2D eigenvalue weighted by Gasteiger charge is -2.13. The molecule has 2 aromatic carbocycles. The van der Waals surface area contributed by atoms with Gasteiger partial charge < -0.3 is 20.5 Å². The number of anilines is 3. The molecule has 1 aromatic heterocycles. The van der Waals surface area contributed by atoms with Gasteiger partial charge in [0.1, 0.15) is 12.0 Å². The van der Waals surface area contributed by atoms with E-state index in [1.807, 2.05) is 36.4 Å². The minimum Gasteiger partial charge on any atom is -0.493 e. The van der Waals surface area contributed by atoms with Crippen LogP contribution in [-0.4, -0.2) is 17.1 Å². The van der Waals surface area contributed by atoms with Crippen LogP contribution in [0.4, 0.5) is 17.2 Å². The van der Waals surface area contributed by atoms with Crippen molar-refractivity contribution in [2.75, 3.05) is 18.2 Å². The molecule has 0 saturated carbocycles. The fourth-order valence-electron chi connectivity index (χ4n) is 2.04. The minimum atomic E-state index is 0.258. The van der Waals surface area contributed by atoms with Crippen molar-refractivity contribution in [3.8, 4) is 17.4 Å². The molecule has 0 fully saturated rings. The highest BCUT2D eigenvalue weighted by Gasteiger charge is 2.12. The summed E-state index contributed by atoms with van der Waals surface area (Å²) >= 11 is 3.40. The zero-order valence-electron chi connectivity index (χ0n) is 12.9. The first kappa shape index (κ1) is 16.1. The van der Waals surface area contributed by atoms with Crippen molar-refractivity contribution >= 4 is 33.1 Å². The molecule has 3 N–H and O–H groups in total. The maximum atomic E-state index is 6.14. The summed E-state index contributed by atoms with van der Waals surface area (Å²) in [5.41, 5.74) is 7.30. The van der Waals surface area contributed by atoms with Crippen LogP contribution < -0.4 is 20.5 Å². The Hall–Kier alpha value is -2.80. The zero-order chi connectivity index (χ0) is 16.9. The molecule has 3 aromatic rings. The first-order valence-electron chi connectivity index (χ1n) is 7.11. The van der Waals surface area contributed by atoms with Crippen LogP contribution in [0.5, 0.6) is 17.4 Å². The van der Waals surface area contributed by atoms with Crippen molar-refractivity contribution in [1.82, 2.24) is 9.97 Å². The highest BCUT2D eigenvalue weighted by atomic mass is 79.9. The normalized spacial score (nSPS) is 10.2. The number of rotatable bonds is 5. The third-order valence-corrected chi connectivity index (χ3v) is 3.76. The fraction of sp³-hybridized carbons (Fsp3) is 0.0588. The number of ether oxygens (including phenoxy) is 2. The maximum Gasteiger partial charge on any atom is 0.248 e. The first-order chi connectivity index (χ1) is 11.7. The number of nitrogens with one attached hydrogen (secondary N) is 1. The number of methoxy groups -OCH3 is 1. The molecule has 0 aliphatic heterocycles. The largest absolute Gasteiger partial charge is 0.493 e. The smallest absolute Gasteiger partial charge is 0.248 e. The van der Waals surface area contributed by atoms with Gasteiger partial charge in [-0.25, -0.2) is 4.98 Å². The van der Waals surface area contributed by atoms with E-state index in [0.29, 0.717) is 23.0 Å². The van der Waals surface area contributed by atoms with Gasteiger partial charge in [-0.15, -0.1) is 0 Å². The lowest BCUT2D eigenvalue weighted by Crippen LogP contribution is -2.03. The predicted molar refractivity (Wildman–Crippen MR) is 96.9 cm³/mol. The number of hydrogen-bond acceptors (Lipinski definition) is 6. The van der Waals surface area contributed by atoms with Crippen LogP contribution in [0.1, 0.15) is 0 Å². The number of para-hydroxylation sites is 2. The Morgan fingerprint density at radius 3 is 2.42 bits per heavy atom. The molecule has 0 saturated heterocycles. The Bertz CT molecular complexity index is 840. The summed E-state index contributed by atoms with van der Waals surface area (Å²) in [6.45, 7) is 0. The highest BCUT2D eigenvalue weighted by Crippen LogP contribution is 2.35. The Morgan fingerprint density at radius 2 is 1.71 bits per heavy atom. The molecule has 24 heavy (non-hydrogen) atoms. The van der Waals surface area contributed by atoms with E-state index >= 15 is 0 Å². The van der Waals surface area contributed by atoms with Crippen molar-refractivity contribution in [2.24, 2.45) is 0 Å². The average molecular weight is 387 g/mol. The number of aromatic nitrogens is 2. The van der Waals surface area contributed by atoms with Gasteiger partial charge in [0, 0.05) is 10.2 Å². The lowest BCUT2D eigenvalue weighted by atomic mass is 10.3. The van der Waals surface area contributed by atoms with Crippen LogP contribution in [0.3, 0.4) is 0 Å². The van der Waals surface area contributed by atoms with Gasteiger partial charge in [-0.05, 0) is 36.4 Å². The molecule has 3 rings (SSSR count). The molecule has 0 atom stereocenters. The van der Waals surface area contributed by atoms with Gasteiger partial charge in [0.2, 0.25) is 5.88 Å². The molecule has 122 valence electrons. The third kappa shape index (κ3) is 3.57. The third-order valence-electron chi connectivity index (χ3n) is 3.23. The van der Waals surface area contributed by atoms with Gasteiger partial charge in [0.25, 0.3) is 0 Å². The predicted octanol–water partition coefficient (Wildman–Crippen LogP) is 4.37. The molecule has 0 bridgehead atoms. The second kappa shape index (κ2) is 7.18. The SMILES string of the molecule is COc1ccccc1Oc1ncnc(Nc2ccc(Br)cc2)c1N. The summed E-state index contributed by atoms with van der Waals surface area (Å²) in [6.07, 6.45) is 1.39. The molecule has 0 amide bonds. The van der Waals surface area contributed by atoms with E-state index in [0.717, 1.165) is 10.2 Å². The standard InChI is InChI=1S/C17H15BrN4O2/c1-23-13-4-2-3-5-14(13)24-17-15(19)16(20-10-21-17)22-12-8-6-11(18)7-9-12/h2-10H,19H2,1H3,(H,20,21,22). The number of hydrogen-bond donors (Lipinski definition) is 2. The first-order valence-corrected chi connectivity index (χ1v) is 7.90. The highest BCUT2D eigenvalue weighted by molar-refractivity contribution is 9.10. The molecule has 0 aliphatic rings. The molecule has 0 unspecified atom stereocenters. The second-order valence-electron chi connectivity index (χ2n) is 4.83. The number of benzene rings is 2. The zero-order valence-corrected chi connectivity index (χ0v) is 14.4. The monoisotopic (exact) mass is 386 g/mol. The van der Waals surface area contributed by atoms with E-state index in [9.17, 15) is 0 Å². The van der Waals surface area contributed by atoms with E-state index in [2.05, 4.69) is 31.2 Å². The van der Waals surface area contributed by atoms with Crippen molar-refractivity contribution < 1.29 is 9.47 Å². The topological polar surface area (TPSA) is 82.3 Å². The Balaban J connectivity index is 1.86. The summed E-state index contributed by atoms with van der Waals surface area (Å²) in [4.78, 5) is 8.27. The summed E-state index contributed by atoms with van der Waals surface area (Å²) in [7, 11) is 1.58. The molecule has 7 heteroatoms. The molecule has 6 nitrogen and oxygen atoms in total. The summed E-state index contributed by atoms with van der Waals surface area (Å²) in [5, 5.41) is 3.15. The van der Waals surface area contributed by atoms with Gasteiger partial charge >= 0.3 is 0 Å². The fourth-order valence-corrected chi connectivity index (χ4v) is 2.30. The molecule has 1 heterocycles. The molecule has 0 radical (unpaired) electrons. The minimum absolute atomic E-state index is 0.258. The molecular formula is C17H15BrN4O2. The summed E-state index contributed by atoms with van der Waals surface area (Å²) in [5.74, 6) is 1.85. The van der Waals surface area contributed by atoms with Crippen LogP contribution in [0.15, 0.2) is 59.3 Å². The average Bonchev–Trinajstić information content (AvgIpc) is 2.61. The summed E-state index contributed by atoms with van der Waals surface area (Å²) in [6, 6.07) is 14.9. The van der Waals surface area contributed by atoms with Crippen LogP contribution in [0.25, 0.3) is 0 Å². The summed E-state index contributed by atoms with van der Waals surface area (Å²) < 4.78 is 12.0. The van der Waals surface area contributed by atoms with Gasteiger partial charge in [0.05, 0.1) is 7.11 Å². The molecule has 0 spiro atoms. The molecule has 0 aliphatic carbocycles. The van der Waals surface area contributed by atoms with Crippen LogP contribution in [0.2, 0.25) is 0 Å². The van der Waals surface area contributed by atoms with Crippen molar-refractivity contribution in [3.05, 3.63) is 59.3 Å². The number of nitrogens with two attached hydrogens (primary N) is 1. The quantitative estimate of drug-likeness (QED) is 0.677. The van der Waals surface area contributed by atoms with Crippen LogP contribution in [0, 0.1) is 0 Å². The molecular weight excluding hydrogens is 372 g/mol. The second-order valence-corrected chi connectivity index (χ2v) is 5.74. The van der Waals surface area contributed by atoms with Crippen LogP contribution in [-0.2, 0) is 0 Å². The number of nitrogen functional groups attached to an aromatic ring is 1. The van der Waals surface area contributed by atoms with Gasteiger partial charge in [-0.1, -0.05) is 28.1 Å². The number of halogens is 1. The van der Waals surface area contributed by atoms with E-state index in [4.69, 9.17) is 15.2 Å². The van der Waals surface area contributed by atoms with Crippen LogP contribution >= 0.6 is 15.9 Å².